The van der Waals surface area contributed by atoms with Gasteiger partial charge in [0.15, 0.2) is 0 Å². The Bertz CT molecular complexity index is 959. The summed E-state index contributed by atoms with van der Waals surface area (Å²) < 4.78 is 5.28. The summed E-state index contributed by atoms with van der Waals surface area (Å²) in [6.07, 6.45) is 0.408. The SMILES string of the molecule is CCOC(=O)[C@@H](CC(C)C)N1C(=O)[C@@H]2C3c4ccccc4C(c4ccccc43)[C@@H]2C1=O. The van der Waals surface area contributed by atoms with Gasteiger partial charge in [-0.1, -0.05) is 62.4 Å². The van der Waals surface area contributed by atoms with Crippen molar-refractivity contribution in [1.82, 2.24) is 4.90 Å². The van der Waals surface area contributed by atoms with Crippen molar-refractivity contribution >= 4 is 17.8 Å². The number of carbonyl (C=O) groups excluding carboxylic acids is 3. The molecule has 0 aromatic heterocycles. The van der Waals surface area contributed by atoms with E-state index in [4.69, 9.17) is 4.74 Å². The molecule has 160 valence electrons. The average molecular weight is 418 g/mol. The third-order valence-corrected chi connectivity index (χ3v) is 7.05. The second-order valence-corrected chi connectivity index (χ2v) is 9.21. The van der Waals surface area contributed by atoms with Gasteiger partial charge >= 0.3 is 5.97 Å². The second kappa shape index (κ2) is 7.33. The summed E-state index contributed by atoms with van der Waals surface area (Å²) in [7, 11) is 0. The molecule has 2 amide bonds. The minimum absolute atomic E-state index is 0.142. The van der Waals surface area contributed by atoms with Gasteiger partial charge in [-0.2, -0.15) is 0 Å². The Labute approximate surface area is 182 Å². The molecular weight excluding hydrogens is 390 g/mol. The lowest BCUT2D eigenvalue weighted by molar-refractivity contribution is -0.159. The van der Waals surface area contributed by atoms with E-state index in [1.807, 2.05) is 38.1 Å². The largest absolute Gasteiger partial charge is 0.464 e. The Morgan fingerprint density at radius 1 is 0.871 bits per heavy atom. The molecule has 5 nitrogen and oxygen atoms in total. The average Bonchev–Trinajstić information content (AvgIpc) is 3.03. The van der Waals surface area contributed by atoms with Crippen LogP contribution in [0.3, 0.4) is 0 Å². The second-order valence-electron chi connectivity index (χ2n) is 9.21. The fourth-order valence-corrected chi connectivity index (χ4v) is 6.00. The van der Waals surface area contributed by atoms with E-state index in [0.717, 1.165) is 22.3 Å². The van der Waals surface area contributed by atoms with E-state index in [2.05, 4.69) is 24.3 Å². The van der Waals surface area contributed by atoms with E-state index >= 15 is 0 Å². The molecule has 31 heavy (non-hydrogen) atoms. The van der Waals surface area contributed by atoms with Crippen molar-refractivity contribution in [2.75, 3.05) is 6.61 Å². The van der Waals surface area contributed by atoms with Gasteiger partial charge in [-0.15, -0.1) is 0 Å². The maximum Gasteiger partial charge on any atom is 0.329 e. The Balaban J connectivity index is 1.64. The first-order chi connectivity index (χ1) is 15.0. The predicted molar refractivity (Wildman–Crippen MR) is 115 cm³/mol. The minimum Gasteiger partial charge on any atom is -0.464 e. The molecular formula is C26H27NO4. The number of likely N-dealkylation sites (tertiary alicyclic amines) is 1. The zero-order valence-electron chi connectivity index (χ0n) is 18.1. The first-order valence-corrected chi connectivity index (χ1v) is 11.2. The van der Waals surface area contributed by atoms with E-state index < -0.39 is 23.8 Å². The minimum atomic E-state index is -0.865. The Morgan fingerprint density at radius 2 is 1.29 bits per heavy atom. The molecule has 0 saturated carbocycles. The Kier molecular flexibility index (Phi) is 4.72. The van der Waals surface area contributed by atoms with Gasteiger partial charge in [0.05, 0.1) is 18.4 Å². The van der Waals surface area contributed by atoms with Crippen molar-refractivity contribution in [2.45, 2.75) is 45.1 Å². The number of imide groups is 1. The normalized spacial score (nSPS) is 26.5. The highest BCUT2D eigenvalue weighted by Crippen LogP contribution is 2.61. The molecule has 2 bridgehead atoms. The predicted octanol–water partition coefficient (Wildman–Crippen LogP) is 3.86. The number of carbonyl (C=O) groups is 3. The molecule has 0 unspecified atom stereocenters. The van der Waals surface area contributed by atoms with Crippen LogP contribution in [0.25, 0.3) is 0 Å². The van der Waals surface area contributed by atoms with Crippen LogP contribution in [0.2, 0.25) is 0 Å². The lowest BCUT2D eigenvalue weighted by Gasteiger charge is -2.45. The van der Waals surface area contributed by atoms with Crippen LogP contribution in [0.15, 0.2) is 48.5 Å². The number of ether oxygens (including phenoxy) is 1. The molecule has 3 atom stereocenters. The maximum atomic E-state index is 13.8. The highest BCUT2D eigenvalue weighted by atomic mass is 16.5. The molecule has 0 spiro atoms. The summed E-state index contributed by atoms with van der Waals surface area (Å²) in [4.78, 5) is 41.6. The van der Waals surface area contributed by atoms with Crippen LogP contribution in [0.5, 0.6) is 0 Å². The van der Waals surface area contributed by atoms with E-state index in [1.165, 1.54) is 4.90 Å². The van der Waals surface area contributed by atoms with Crippen molar-refractivity contribution in [3.63, 3.8) is 0 Å². The van der Waals surface area contributed by atoms with Crippen molar-refractivity contribution in [3.05, 3.63) is 70.8 Å². The molecule has 1 saturated heterocycles. The zero-order chi connectivity index (χ0) is 21.9. The molecule has 6 rings (SSSR count). The van der Waals surface area contributed by atoms with Crippen LogP contribution < -0.4 is 0 Å². The molecule has 0 N–H and O–H groups in total. The number of esters is 1. The number of nitrogens with zero attached hydrogens (tertiary/aromatic N) is 1. The van der Waals surface area contributed by atoms with Gasteiger partial charge in [0.2, 0.25) is 11.8 Å². The molecule has 3 aliphatic carbocycles. The first kappa shape index (κ1) is 20.0. The monoisotopic (exact) mass is 417 g/mol. The molecule has 0 radical (unpaired) electrons. The van der Waals surface area contributed by atoms with Gasteiger partial charge in [0.1, 0.15) is 6.04 Å². The lowest BCUT2D eigenvalue weighted by Crippen LogP contribution is -2.47. The van der Waals surface area contributed by atoms with Crippen LogP contribution in [0.4, 0.5) is 0 Å². The number of hydrogen-bond donors (Lipinski definition) is 0. The fraction of sp³-hybridized carbons (Fsp3) is 0.423. The van der Waals surface area contributed by atoms with E-state index in [-0.39, 0.29) is 36.2 Å². The highest BCUT2D eigenvalue weighted by Gasteiger charge is 2.63. The number of amides is 2. The smallest absolute Gasteiger partial charge is 0.329 e. The van der Waals surface area contributed by atoms with Crippen LogP contribution in [-0.4, -0.2) is 35.3 Å². The first-order valence-electron chi connectivity index (χ1n) is 11.2. The molecule has 1 heterocycles. The summed E-state index contributed by atoms with van der Waals surface area (Å²) in [5.41, 5.74) is 4.53. The number of benzene rings is 2. The van der Waals surface area contributed by atoms with E-state index in [0.29, 0.717) is 6.42 Å². The molecule has 1 fully saturated rings. The standard InChI is InChI=1S/C26H27NO4/c1-4-31-26(30)19(13-14(2)3)27-24(28)22-20-15-9-5-6-10-16(15)21(23(22)25(27)29)18-12-8-7-11-17(18)20/h5-12,14,19-23H,4,13H2,1-3H3/t19-,20?,21?,22-,23+/m1/s1. The van der Waals surface area contributed by atoms with Crippen molar-refractivity contribution in [2.24, 2.45) is 17.8 Å². The van der Waals surface area contributed by atoms with E-state index in [1.54, 1.807) is 6.92 Å². The summed E-state index contributed by atoms with van der Waals surface area (Å²) in [5.74, 6) is -2.06. The van der Waals surface area contributed by atoms with Gasteiger partial charge in [-0.25, -0.2) is 4.79 Å². The van der Waals surface area contributed by atoms with Crippen LogP contribution in [0.1, 0.15) is 61.3 Å². The number of hydrogen-bond acceptors (Lipinski definition) is 4. The van der Waals surface area contributed by atoms with Gasteiger partial charge in [0, 0.05) is 11.8 Å². The van der Waals surface area contributed by atoms with Gasteiger partial charge < -0.3 is 4.74 Å². The summed E-state index contributed by atoms with van der Waals surface area (Å²) in [5, 5.41) is 0. The molecule has 5 heteroatoms. The molecule has 2 aromatic carbocycles. The molecule has 1 aliphatic heterocycles. The fourth-order valence-electron chi connectivity index (χ4n) is 6.00. The Morgan fingerprint density at radius 3 is 1.65 bits per heavy atom. The van der Waals surface area contributed by atoms with Gasteiger partial charge in [-0.05, 0) is 41.5 Å². The summed E-state index contributed by atoms with van der Waals surface area (Å²) >= 11 is 0. The van der Waals surface area contributed by atoms with Crippen molar-refractivity contribution < 1.29 is 19.1 Å². The zero-order valence-corrected chi connectivity index (χ0v) is 18.1. The van der Waals surface area contributed by atoms with Crippen LogP contribution >= 0.6 is 0 Å². The molecule has 2 aromatic rings. The quantitative estimate of drug-likeness (QED) is 0.548. The van der Waals surface area contributed by atoms with Gasteiger partial charge in [-0.3, -0.25) is 14.5 Å². The Hall–Kier alpha value is -2.95. The van der Waals surface area contributed by atoms with Crippen LogP contribution in [0, 0.1) is 17.8 Å². The summed E-state index contributed by atoms with van der Waals surface area (Å²) in [6, 6.07) is 15.4. The number of rotatable bonds is 5. The van der Waals surface area contributed by atoms with Gasteiger partial charge in [0.25, 0.3) is 0 Å². The van der Waals surface area contributed by atoms with E-state index in [9.17, 15) is 14.4 Å². The maximum absolute atomic E-state index is 13.8. The highest BCUT2D eigenvalue weighted by molar-refractivity contribution is 6.10. The topological polar surface area (TPSA) is 63.7 Å². The van der Waals surface area contributed by atoms with Crippen molar-refractivity contribution in [3.8, 4) is 0 Å². The molecule has 4 aliphatic rings. The third-order valence-electron chi connectivity index (χ3n) is 7.05. The van der Waals surface area contributed by atoms with Crippen molar-refractivity contribution in [1.29, 1.82) is 0 Å². The lowest BCUT2D eigenvalue weighted by atomic mass is 9.55. The summed E-state index contributed by atoms with van der Waals surface area (Å²) in [6.45, 7) is 5.93. The van der Waals surface area contributed by atoms with Crippen LogP contribution in [-0.2, 0) is 19.1 Å². The third kappa shape index (κ3) is 2.79.